The maximum absolute atomic E-state index is 11.5. The van der Waals surface area contributed by atoms with Gasteiger partial charge < -0.3 is 5.32 Å². The molecule has 0 aromatic heterocycles. The maximum atomic E-state index is 11.5. The largest absolute Gasteiger partial charge is 0.356 e. The van der Waals surface area contributed by atoms with Crippen molar-refractivity contribution in [2.24, 2.45) is 11.8 Å². The zero-order chi connectivity index (χ0) is 10.6. The summed E-state index contributed by atoms with van der Waals surface area (Å²) in [5.41, 5.74) is 0. The summed E-state index contributed by atoms with van der Waals surface area (Å²) in [4.78, 5) is 12.1. The molecule has 14 heavy (non-hydrogen) atoms. The van der Waals surface area contributed by atoms with Crippen LogP contribution in [0, 0.1) is 11.8 Å². The van der Waals surface area contributed by atoms with Crippen molar-refractivity contribution in [2.75, 3.05) is 6.54 Å². The first-order valence-corrected chi connectivity index (χ1v) is 6.48. The van der Waals surface area contributed by atoms with E-state index in [1.165, 1.54) is 19.3 Å². The molecule has 2 nitrogen and oxygen atoms in total. The van der Waals surface area contributed by atoms with Crippen LogP contribution in [0.15, 0.2) is 0 Å². The molecule has 1 saturated carbocycles. The van der Waals surface area contributed by atoms with Gasteiger partial charge in [0.05, 0.1) is 0 Å². The van der Waals surface area contributed by atoms with Crippen molar-refractivity contribution < 1.29 is 4.79 Å². The van der Waals surface area contributed by atoms with Crippen LogP contribution in [0.3, 0.4) is 0 Å². The van der Waals surface area contributed by atoms with Gasteiger partial charge in [-0.15, -0.1) is 0 Å². The molecule has 1 amide bonds. The van der Waals surface area contributed by atoms with Gasteiger partial charge in [-0.1, -0.05) is 36.2 Å². The fourth-order valence-corrected chi connectivity index (χ4v) is 2.59. The highest BCUT2D eigenvalue weighted by atomic mass is 79.9. The van der Waals surface area contributed by atoms with Gasteiger partial charge in [-0.05, 0) is 25.2 Å². The van der Waals surface area contributed by atoms with E-state index in [0.717, 1.165) is 13.0 Å². The topological polar surface area (TPSA) is 29.1 Å². The first-order valence-electron chi connectivity index (χ1n) is 5.57. The van der Waals surface area contributed by atoms with Crippen LogP contribution in [0.4, 0.5) is 0 Å². The molecule has 1 aliphatic rings. The second-order valence-electron chi connectivity index (χ2n) is 4.26. The van der Waals surface area contributed by atoms with Gasteiger partial charge in [0.1, 0.15) is 0 Å². The Kier molecular flexibility index (Phi) is 4.93. The third kappa shape index (κ3) is 3.26. The summed E-state index contributed by atoms with van der Waals surface area (Å²) in [7, 11) is 0. The molecule has 1 fully saturated rings. The van der Waals surface area contributed by atoms with Gasteiger partial charge in [-0.2, -0.15) is 0 Å². The van der Waals surface area contributed by atoms with Gasteiger partial charge in [0.25, 0.3) is 0 Å². The summed E-state index contributed by atoms with van der Waals surface area (Å²) in [6, 6.07) is 0. The Labute approximate surface area is 95.0 Å². The number of amides is 1. The van der Waals surface area contributed by atoms with E-state index in [4.69, 9.17) is 0 Å². The van der Waals surface area contributed by atoms with Gasteiger partial charge in [0.15, 0.2) is 0 Å². The number of rotatable bonds is 4. The molecule has 0 aliphatic heterocycles. The monoisotopic (exact) mass is 261 g/mol. The predicted octanol–water partition coefficient (Wildman–Crippen LogP) is 2.71. The van der Waals surface area contributed by atoms with Gasteiger partial charge >= 0.3 is 0 Å². The Morgan fingerprint density at radius 2 is 2.29 bits per heavy atom. The van der Waals surface area contributed by atoms with Crippen molar-refractivity contribution in [3.05, 3.63) is 0 Å². The Morgan fingerprint density at radius 3 is 2.79 bits per heavy atom. The predicted molar refractivity (Wildman–Crippen MR) is 62.5 cm³/mol. The van der Waals surface area contributed by atoms with Crippen LogP contribution in [0.2, 0.25) is 0 Å². The lowest BCUT2D eigenvalue weighted by atomic mass is 10.1. The van der Waals surface area contributed by atoms with E-state index in [9.17, 15) is 4.79 Å². The normalized spacial score (nSPS) is 28.8. The average molecular weight is 262 g/mol. The Morgan fingerprint density at radius 1 is 1.57 bits per heavy atom. The van der Waals surface area contributed by atoms with E-state index in [1.54, 1.807) is 0 Å². The van der Waals surface area contributed by atoms with Gasteiger partial charge in [-0.25, -0.2) is 0 Å². The molecule has 3 heteroatoms. The van der Waals surface area contributed by atoms with Gasteiger partial charge in [-0.3, -0.25) is 4.79 Å². The number of hydrogen-bond donors (Lipinski definition) is 1. The number of carbonyl (C=O) groups excluding carboxylic acids is 1. The second-order valence-corrected chi connectivity index (χ2v) is 5.44. The summed E-state index contributed by atoms with van der Waals surface area (Å²) in [5.74, 6) is 1.01. The first-order chi connectivity index (χ1) is 6.65. The Balaban J connectivity index is 2.22. The number of alkyl halides is 1. The van der Waals surface area contributed by atoms with Crippen LogP contribution in [0.5, 0.6) is 0 Å². The number of hydrogen-bond acceptors (Lipinski definition) is 1. The minimum absolute atomic E-state index is 0.158. The highest BCUT2D eigenvalue weighted by Crippen LogP contribution is 2.30. The molecular weight excluding hydrogens is 242 g/mol. The minimum atomic E-state index is 0.158. The van der Waals surface area contributed by atoms with Crippen molar-refractivity contribution in [1.29, 1.82) is 0 Å². The quantitative estimate of drug-likeness (QED) is 0.775. The van der Waals surface area contributed by atoms with Gasteiger partial charge in [0.2, 0.25) is 5.91 Å². The van der Waals surface area contributed by atoms with Crippen molar-refractivity contribution in [2.45, 2.75) is 44.4 Å². The lowest BCUT2D eigenvalue weighted by molar-refractivity contribution is -0.124. The Hall–Kier alpha value is -0.0500. The summed E-state index contributed by atoms with van der Waals surface area (Å²) < 4.78 is 0. The molecule has 0 heterocycles. The molecule has 1 rings (SSSR count). The van der Waals surface area contributed by atoms with Crippen LogP contribution < -0.4 is 5.32 Å². The lowest BCUT2D eigenvalue weighted by Gasteiger charge is -2.16. The third-order valence-corrected chi connectivity index (χ3v) is 4.37. The first kappa shape index (κ1) is 12.0. The summed E-state index contributed by atoms with van der Waals surface area (Å²) in [5, 5.41) is 3.04. The number of halogens is 1. The molecule has 3 atom stereocenters. The highest BCUT2D eigenvalue weighted by Gasteiger charge is 2.25. The molecule has 3 unspecified atom stereocenters. The lowest BCUT2D eigenvalue weighted by Crippen LogP contribution is -2.34. The highest BCUT2D eigenvalue weighted by molar-refractivity contribution is 9.09. The summed E-state index contributed by atoms with van der Waals surface area (Å²) >= 11 is 3.66. The SMILES string of the molecule is CCC(C)C(=O)NCC1CCCC1Br. The fourth-order valence-electron chi connectivity index (χ4n) is 1.81. The Bertz CT molecular complexity index is 196. The molecule has 1 aliphatic carbocycles. The van der Waals surface area contributed by atoms with Crippen LogP contribution in [0.1, 0.15) is 39.5 Å². The molecule has 1 N–H and O–H groups in total. The molecule has 0 bridgehead atoms. The van der Waals surface area contributed by atoms with E-state index < -0.39 is 0 Å². The van der Waals surface area contributed by atoms with Crippen molar-refractivity contribution in [3.63, 3.8) is 0 Å². The molecule has 0 aromatic rings. The average Bonchev–Trinajstić information content (AvgIpc) is 2.59. The minimum Gasteiger partial charge on any atom is -0.356 e. The standard InChI is InChI=1S/C11H20BrNO/c1-3-8(2)11(14)13-7-9-5-4-6-10(9)12/h8-10H,3-7H2,1-2H3,(H,13,14). The number of nitrogens with one attached hydrogen (secondary N) is 1. The molecule has 82 valence electrons. The summed E-state index contributed by atoms with van der Waals surface area (Å²) in [6.07, 6.45) is 4.72. The molecule has 0 spiro atoms. The smallest absolute Gasteiger partial charge is 0.222 e. The zero-order valence-corrected chi connectivity index (χ0v) is 10.6. The number of carbonyl (C=O) groups is 1. The van der Waals surface area contributed by atoms with Crippen molar-refractivity contribution in [3.8, 4) is 0 Å². The second kappa shape index (κ2) is 5.74. The van der Waals surface area contributed by atoms with Gasteiger partial charge in [0, 0.05) is 17.3 Å². The molecular formula is C11H20BrNO. The molecule has 0 radical (unpaired) electrons. The van der Waals surface area contributed by atoms with E-state index in [0.29, 0.717) is 10.7 Å². The summed E-state index contributed by atoms with van der Waals surface area (Å²) in [6.45, 7) is 4.88. The van der Waals surface area contributed by atoms with Crippen LogP contribution in [0.25, 0.3) is 0 Å². The van der Waals surface area contributed by atoms with Crippen LogP contribution in [-0.4, -0.2) is 17.3 Å². The van der Waals surface area contributed by atoms with E-state index in [1.807, 2.05) is 13.8 Å². The van der Waals surface area contributed by atoms with Crippen molar-refractivity contribution >= 4 is 21.8 Å². The molecule has 0 aromatic carbocycles. The molecule has 0 saturated heterocycles. The third-order valence-electron chi connectivity index (χ3n) is 3.16. The maximum Gasteiger partial charge on any atom is 0.222 e. The van der Waals surface area contributed by atoms with Crippen molar-refractivity contribution in [1.82, 2.24) is 5.32 Å². The van der Waals surface area contributed by atoms with E-state index in [2.05, 4.69) is 21.2 Å². The van der Waals surface area contributed by atoms with Crippen LogP contribution >= 0.6 is 15.9 Å². The fraction of sp³-hybridized carbons (Fsp3) is 0.909. The van der Waals surface area contributed by atoms with Crippen LogP contribution in [-0.2, 0) is 4.79 Å². The van der Waals surface area contributed by atoms with E-state index >= 15 is 0 Å². The zero-order valence-electron chi connectivity index (χ0n) is 9.05. The van der Waals surface area contributed by atoms with E-state index in [-0.39, 0.29) is 11.8 Å².